The van der Waals surface area contributed by atoms with Crippen molar-refractivity contribution in [3.8, 4) is 11.3 Å². The van der Waals surface area contributed by atoms with E-state index in [1.54, 1.807) is 30.7 Å². The third-order valence-corrected chi connectivity index (χ3v) is 4.79. The second kappa shape index (κ2) is 6.85. The lowest BCUT2D eigenvalue weighted by Crippen LogP contribution is -2.13. The highest BCUT2D eigenvalue weighted by Gasteiger charge is 2.19. The highest BCUT2D eigenvalue weighted by atomic mass is 32.2. The Bertz CT molecular complexity index is 957. The average molecular weight is 359 g/mol. The number of imidazole rings is 1. The first-order chi connectivity index (χ1) is 11.8. The van der Waals surface area contributed by atoms with Crippen LogP contribution in [0.25, 0.3) is 11.3 Å². The van der Waals surface area contributed by atoms with Gasteiger partial charge in [-0.25, -0.2) is 18.5 Å². The molecule has 25 heavy (non-hydrogen) atoms. The fraction of sp³-hybridized carbons (Fsp3) is 0.278. The Morgan fingerprint density at radius 1 is 1.24 bits per heavy atom. The van der Waals surface area contributed by atoms with Gasteiger partial charge in [-0.05, 0) is 42.2 Å². The third kappa shape index (κ3) is 4.18. The van der Waals surface area contributed by atoms with E-state index in [0.717, 1.165) is 12.0 Å². The number of sulfonamides is 1. The molecule has 0 saturated carbocycles. The number of hydrogen-bond donors (Lipinski definition) is 1. The van der Waals surface area contributed by atoms with Crippen molar-refractivity contribution >= 4 is 10.0 Å². The number of furan rings is 1. The Hall–Kier alpha value is -2.38. The topological polar surface area (TPSA) is 91.1 Å². The van der Waals surface area contributed by atoms with E-state index in [-0.39, 0.29) is 4.90 Å². The second-order valence-electron chi connectivity index (χ2n) is 6.47. The Morgan fingerprint density at radius 2 is 2.04 bits per heavy atom. The minimum Gasteiger partial charge on any atom is -0.459 e. The molecule has 0 saturated heterocycles. The molecular weight excluding hydrogens is 338 g/mol. The summed E-state index contributed by atoms with van der Waals surface area (Å²) in [6.07, 6.45) is 6.07. The van der Waals surface area contributed by atoms with Gasteiger partial charge in [-0.15, -0.1) is 0 Å². The third-order valence-electron chi connectivity index (χ3n) is 3.82. The minimum atomic E-state index is -3.84. The predicted molar refractivity (Wildman–Crippen MR) is 95.4 cm³/mol. The summed E-state index contributed by atoms with van der Waals surface area (Å²) in [5.74, 6) is 1.66. The van der Waals surface area contributed by atoms with Crippen LogP contribution in [0.15, 0.2) is 58.4 Å². The Balaban J connectivity index is 2.00. The number of aromatic nitrogens is 2. The molecule has 0 bridgehead atoms. The molecule has 0 amide bonds. The van der Waals surface area contributed by atoms with Crippen molar-refractivity contribution in [2.24, 2.45) is 11.1 Å². The molecule has 2 aromatic heterocycles. The van der Waals surface area contributed by atoms with Crippen molar-refractivity contribution < 1.29 is 12.8 Å². The van der Waals surface area contributed by atoms with E-state index < -0.39 is 10.0 Å². The first kappa shape index (κ1) is 17.4. The molecule has 7 heteroatoms. The van der Waals surface area contributed by atoms with Crippen molar-refractivity contribution in [3.05, 3.63) is 60.4 Å². The highest BCUT2D eigenvalue weighted by molar-refractivity contribution is 7.89. The van der Waals surface area contributed by atoms with E-state index in [1.165, 1.54) is 0 Å². The van der Waals surface area contributed by atoms with Gasteiger partial charge < -0.3 is 8.98 Å². The summed E-state index contributed by atoms with van der Waals surface area (Å²) in [6, 6.07) is 8.81. The van der Waals surface area contributed by atoms with E-state index >= 15 is 0 Å². The van der Waals surface area contributed by atoms with Crippen LogP contribution in [0.5, 0.6) is 0 Å². The lowest BCUT2D eigenvalue weighted by atomic mass is 10.0. The molecule has 3 rings (SSSR count). The molecule has 0 radical (unpaired) electrons. The van der Waals surface area contributed by atoms with Gasteiger partial charge in [0.05, 0.1) is 17.8 Å². The van der Waals surface area contributed by atoms with Crippen molar-refractivity contribution in [3.63, 3.8) is 0 Å². The zero-order valence-electron chi connectivity index (χ0n) is 14.2. The van der Waals surface area contributed by atoms with Crippen molar-refractivity contribution in [2.75, 3.05) is 0 Å². The number of nitrogens with two attached hydrogens (primary N) is 1. The Morgan fingerprint density at radius 3 is 2.68 bits per heavy atom. The van der Waals surface area contributed by atoms with Crippen molar-refractivity contribution in [2.45, 2.75) is 31.7 Å². The molecule has 0 atom stereocenters. The first-order valence-corrected chi connectivity index (χ1v) is 9.58. The highest BCUT2D eigenvalue weighted by Crippen LogP contribution is 2.30. The van der Waals surface area contributed by atoms with Gasteiger partial charge in [-0.2, -0.15) is 0 Å². The molecule has 0 fully saturated rings. The lowest BCUT2D eigenvalue weighted by Gasteiger charge is -2.10. The van der Waals surface area contributed by atoms with Crippen LogP contribution >= 0.6 is 0 Å². The van der Waals surface area contributed by atoms with Crippen LogP contribution in [-0.4, -0.2) is 18.0 Å². The number of nitrogens with zero attached hydrogens (tertiary/aromatic N) is 2. The quantitative estimate of drug-likeness (QED) is 0.732. The first-order valence-electron chi connectivity index (χ1n) is 8.03. The molecule has 3 aromatic rings. The Kier molecular flexibility index (Phi) is 4.78. The fourth-order valence-corrected chi connectivity index (χ4v) is 3.51. The van der Waals surface area contributed by atoms with Crippen LogP contribution < -0.4 is 5.14 Å². The van der Waals surface area contributed by atoms with E-state index in [1.807, 2.05) is 22.9 Å². The summed E-state index contributed by atoms with van der Waals surface area (Å²) in [4.78, 5) is 4.07. The van der Waals surface area contributed by atoms with Gasteiger partial charge in [0.15, 0.2) is 0 Å². The Labute approximate surface area is 147 Å². The van der Waals surface area contributed by atoms with E-state index in [4.69, 9.17) is 9.56 Å². The lowest BCUT2D eigenvalue weighted by molar-refractivity contribution is 0.503. The summed E-state index contributed by atoms with van der Waals surface area (Å²) in [5.41, 5.74) is 1.54. The van der Waals surface area contributed by atoms with Crippen LogP contribution in [0, 0.1) is 5.92 Å². The molecule has 2 heterocycles. The van der Waals surface area contributed by atoms with E-state index in [9.17, 15) is 8.42 Å². The molecule has 1 aromatic carbocycles. The fourth-order valence-electron chi connectivity index (χ4n) is 2.78. The van der Waals surface area contributed by atoms with Gasteiger partial charge in [-0.3, -0.25) is 0 Å². The smallest absolute Gasteiger partial charge is 0.238 e. The van der Waals surface area contributed by atoms with Gasteiger partial charge in [-0.1, -0.05) is 19.9 Å². The van der Waals surface area contributed by atoms with Gasteiger partial charge in [0.2, 0.25) is 10.0 Å². The van der Waals surface area contributed by atoms with E-state index in [2.05, 4.69) is 18.8 Å². The number of primary sulfonamides is 1. The van der Waals surface area contributed by atoms with Gasteiger partial charge in [0, 0.05) is 18.0 Å². The summed E-state index contributed by atoms with van der Waals surface area (Å²) in [6.45, 7) is 4.75. The number of hydrogen-bond acceptors (Lipinski definition) is 4. The van der Waals surface area contributed by atoms with Crippen molar-refractivity contribution in [1.29, 1.82) is 0 Å². The largest absolute Gasteiger partial charge is 0.459 e. The second-order valence-corrected chi connectivity index (χ2v) is 8.00. The van der Waals surface area contributed by atoms with Crippen LogP contribution in [0.2, 0.25) is 0 Å². The monoisotopic (exact) mass is 359 g/mol. The van der Waals surface area contributed by atoms with Crippen LogP contribution in [-0.2, 0) is 23.0 Å². The van der Waals surface area contributed by atoms with Gasteiger partial charge in [0.25, 0.3) is 0 Å². The van der Waals surface area contributed by atoms with Crippen LogP contribution in [0.3, 0.4) is 0 Å². The maximum absolute atomic E-state index is 11.9. The SMILES string of the molecule is CC(C)Cc1ccc(S(N)(=O)=O)c(-c2ccc(Cn3ccnc3)o2)c1. The predicted octanol–water partition coefficient (Wildman–Crippen LogP) is 3.04. The maximum atomic E-state index is 11.9. The zero-order chi connectivity index (χ0) is 18.0. The minimum absolute atomic E-state index is 0.0727. The van der Waals surface area contributed by atoms with Crippen LogP contribution in [0.4, 0.5) is 0 Å². The van der Waals surface area contributed by atoms with Crippen molar-refractivity contribution in [1.82, 2.24) is 9.55 Å². The molecule has 0 aliphatic carbocycles. The molecule has 0 unspecified atom stereocenters. The zero-order valence-corrected chi connectivity index (χ0v) is 15.0. The average Bonchev–Trinajstić information content (AvgIpc) is 3.17. The molecular formula is C18H21N3O3S. The number of benzene rings is 1. The van der Waals surface area contributed by atoms with E-state index in [0.29, 0.717) is 29.5 Å². The maximum Gasteiger partial charge on any atom is 0.238 e. The normalized spacial score (nSPS) is 12.0. The summed E-state index contributed by atoms with van der Waals surface area (Å²) < 4.78 is 31.6. The van der Waals surface area contributed by atoms with Gasteiger partial charge >= 0.3 is 0 Å². The molecule has 0 aliphatic heterocycles. The summed E-state index contributed by atoms with van der Waals surface area (Å²) in [5, 5.41) is 5.38. The van der Waals surface area contributed by atoms with Crippen LogP contribution in [0.1, 0.15) is 25.2 Å². The molecule has 0 spiro atoms. The summed E-state index contributed by atoms with van der Waals surface area (Å²) in [7, 11) is -3.84. The molecule has 6 nitrogen and oxygen atoms in total. The number of rotatable bonds is 6. The molecule has 0 aliphatic rings. The summed E-state index contributed by atoms with van der Waals surface area (Å²) >= 11 is 0. The van der Waals surface area contributed by atoms with Gasteiger partial charge in [0.1, 0.15) is 11.5 Å². The molecule has 2 N–H and O–H groups in total. The standard InChI is InChI=1S/C18H21N3O3S/c1-13(2)9-14-3-6-18(25(19,22)23)16(10-14)17-5-4-15(24-17)11-21-8-7-20-12-21/h3-8,10,12-13H,9,11H2,1-2H3,(H2,19,22,23). The molecule has 132 valence electrons.